The summed E-state index contributed by atoms with van der Waals surface area (Å²) >= 11 is 0. The lowest BCUT2D eigenvalue weighted by atomic mass is 10.2. The number of amides is 1. The van der Waals surface area contributed by atoms with Crippen molar-refractivity contribution in [1.82, 2.24) is 15.0 Å². The molecule has 1 fully saturated rings. The van der Waals surface area contributed by atoms with E-state index < -0.39 is 5.82 Å². The van der Waals surface area contributed by atoms with Gasteiger partial charge >= 0.3 is 0 Å². The van der Waals surface area contributed by atoms with Crippen LogP contribution in [0.15, 0.2) is 42.6 Å². The molecule has 2 aromatic heterocycles. The zero-order valence-electron chi connectivity index (χ0n) is 18.7. The average molecular weight is 465 g/mol. The van der Waals surface area contributed by atoms with Crippen molar-refractivity contribution in [2.24, 2.45) is 0 Å². The Kier molecular flexibility index (Phi) is 5.84. The lowest BCUT2D eigenvalue weighted by molar-refractivity contribution is -0.118. The first-order chi connectivity index (χ1) is 16.4. The fraction of sp³-hybridized carbons (Fsp3) is 0.304. The third kappa shape index (κ3) is 4.84. The molecule has 1 aromatic carbocycles. The predicted molar refractivity (Wildman–Crippen MR) is 126 cm³/mol. The number of carbonyl (C=O) groups excluding carboxylic acids is 1. The van der Waals surface area contributed by atoms with Crippen molar-refractivity contribution >= 4 is 40.7 Å². The molecule has 1 saturated heterocycles. The van der Waals surface area contributed by atoms with Gasteiger partial charge in [-0.15, -0.1) is 0 Å². The highest BCUT2D eigenvalue weighted by atomic mass is 19.1. The summed E-state index contributed by atoms with van der Waals surface area (Å²) in [7, 11) is 0. The lowest BCUT2D eigenvalue weighted by Crippen LogP contribution is -2.45. The van der Waals surface area contributed by atoms with Crippen LogP contribution in [0, 0.1) is 5.82 Å². The third-order valence-electron chi connectivity index (χ3n) is 5.37. The minimum Gasteiger partial charge on any atom is -0.480 e. The molecular formula is C23H24FN7O3. The van der Waals surface area contributed by atoms with Crippen LogP contribution in [0.5, 0.6) is 5.75 Å². The van der Waals surface area contributed by atoms with Gasteiger partial charge in [-0.2, -0.15) is 4.98 Å². The summed E-state index contributed by atoms with van der Waals surface area (Å²) in [5.41, 5.74) is 1.87. The number of ether oxygens (including phenoxy) is 2. The van der Waals surface area contributed by atoms with Crippen LogP contribution in [0.1, 0.15) is 13.8 Å². The van der Waals surface area contributed by atoms with Gasteiger partial charge in [-0.1, -0.05) is 0 Å². The number of nitrogens with zero attached hydrogens (tertiary/aromatic N) is 4. The Labute approximate surface area is 195 Å². The van der Waals surface area contributed by atoms with Gasteiger partial charge in [0.1, 0.15) is 5.82 Å². The Hall–Kier alpha value is -3.99. The number of benzene rings is 1. The molecule has 10 nitrogen and oxygen atoms in total. The number of halogens is 1. The van der Waals surface area contributed by atoms with Gasteiger partial charge in [0.05, 0.1) is 18.4 Å². The van der Waals surface area contributed by atoms with Crippen molar-refractivity contribution in [3.63, 3.8) is 0 Å². The van der Waals surface area contributed by atoms with E-state index in [1.165, 1.54) is 0 Å². The third-order valence-corrected chi connectivity index (χ3v) is 5.37. The summed E-state index contributed by atoms with van der Waals surface area (Å²) in [5, 5.41) is 8.53. The molecule has 2 aliphatic heterocycles. The molecule has 2 aliphatic rings. The predicted octanol–water partition coefficient (Wildman–Crippen LogP) is 3.44. The maximum absolute atomic E-state index is 14.4. The summed E-state index contributed by atoms with van der Waals surface area (Å²) in [6.07, 6.45) is 1.42. The molecule has 0 bridgehead atoms. The molecule has 0 radical (unpaired) electrons. The Bertz CT molecular complexity index is 1200. The summed E-state index contributed by atoms with van der Waals surface area (Å²) in [4.78, 5) is 26.3. The zero-order valence-corrected chi connectivity index (χ0v) is 18.7. The molecule has 11 heteroatoms. The van der Waals surface area contributed by atoms with Gasteiger partial charge in [-0.25, -0.2) is 14.4 Å². The fourth-order valence-electron chi connectivity index (χ4n) is 3.94. The Morgan fingerprint density at radius 1 is 1.06 bits per heavy atom. The van der Waals surface area contributed by atoms with Crippen LogP contribution in [0.25, 0.3) is 0 Å². The number of rotatable bonds is 5. The molecule has 3 N–H and O–H groups in total. The van der Waals surface area contributed by atoms with E-state index in [1.54, 1.807) is 12.1 Å². The Morgan fingerprint density at radius 3 is 2.59 bits per heavy atom. The number of hydrogen-bond acceptors (Lipinski definition) is 9. The number of morpholine rings is 1. The first-order valence-corrected chi connectivity index (χ1v) is 10.9. The number of pyridine rings is 1. The molecule has 176 valence electrons. The molecule has 0 aliphatic carbocycles. The quantitative estimate of drug-likeness (QED) is 0.521. The van der Waals surface area contributed by atoms with Gasteiger partial charge in [-0.3, -0.25) is 4.79 Å². The van der Waals surface area contributed by atoms with Crippen molar-refractivity contribution in [1.29, 1.82) is 0 Å². The van der Waals surface area contributed by atoms with E-state index >= 15 is 0 Å². The molecule has 5 rings (SSSR count). The number of nitrogens with one attached hydrogen (secondary N) is 3. The highest BCUT2D eigenvalue weighted by Crippen LogP contribution is 2.29. The molecule has 4 heterocycles. The van der Waals surface area contributed by atoms with Gasteiger partial charge in [0.15, 0.2) is 29.8 Å². The van der Waals surface area contributed by atoms with Crippen molar-refractivity contribution < 1.29 is 18.7 Å². The molecule has 0 saturated carbocycles. The molecule has 0 unspecified atom stereocenters. The highest BCUT2D eigenvalue weighted by Gasteiger charge is 2.22. The van der Waals surface area contributed by atoms with Gasteiger partial charge in [0, 0.05) is 24.5 Å². The van der Waals surface area contributed by atoms with Gasteiger partial charge in [0.25, 0.3) is 5.91 Å². The van der Waals surface area contributed by atoms with Crippen molar-refractivity contribution in [3.8, 4) is 5.75 Å². The molecule has 0 spiro atoms. The molecule has 34 heavy (non-hydrogen) atoms. The standard InChI is InChI=1S/C23H24FN7O3/c1-13-10-31(11-14(2)34-13)16-5-3-15(4-6-16)26-23-25-9-17(24)21(30-23)27-19-8-7-18-22(28-19)29-20(32)12-33-18/h3-9,13-14H,10-12H2,1-2H3,(H3,25,26,27,28,29,30,32)/t13-,14+. The topological polar surface area (TPSA) is 114 Å². The Morgan fingerprint density at radius 2 is 1.82 bits per heavy atom. The number of hydrogen-bond donors (Lipinski definition) is 3. The monoisotopic (exact) mass is 465 g/mol. The van der Waals surface area contributed by atoms with Crippen LogP contribution < -0.4 is 25.6 Å². The van der Waals surface area contributed by atoms with Gasteiger partial charge in [0.2, 0.25) is 5.95 Å². The smallest absolute Gasteiger partial charge is 0.263 e. The van der Waals surface area contributed by atoms with E-state index in [4.69, 9.17) is 9.47 Å². The largest absolute Gasteiger partial charge is 0.480 e. The molecule has 2 atom stereocenters. The Balaban J connectivity index is 1.29. The van der Waals surface area contributed by atoms with E-state index in [-0.39, 0.29) is 42.3 Å². The van der Waals surface area contributed by atoms with Crippen LogP contribution in [-0.2, 0) is 9.53 Å². The summed E-state index contributed by atoms with van der Waals surface area (Å²) < 4.78 is 25.5. The second kappa shape index (κ2) is 9.10. The lowest BCUT2D eigenvalue weighted by Gasteiger charge is -2.36. The number of carbonyl (C=O) groups is 1. The molecule has 3 aromatic rings. The van der Waals surface area contributed by atoms with Crippen molar-refractivity contribution in [2.75, 3.05) is 40.5 Å². The fourth-order valence-corrected chi connectivity index (χ4v) is 3.94. The van der Waals surface area contributed by atoms with Crippen molar-refractivity contribution in [2.45, 2.75) is 26.1 Å². The summed E-state index contributed by atoms with van der Waals surface area (Å²) in [5.74, 6) is 0.224. The summed E-state index contributed by atoms with van der Waals surface area (Å²) in [6, 6.07) is 11.1. The van der Waals surface area contributed by atoms with Crippen LogP contribution in [0.4, 0.5) is 39.2 Å². The van der Waals surface area contributed by atoms with E-state index in [0.717, 1.165) is 30.7 Å². The SMILES string of the molecule is C[C@@H]1CN(c2ccc(Nc3ncc(F)c(Nc4ccc5c(n4)NC(=O)CO5)n3)cc2)C[C@H](C)O1. The van der Waals surface area contributed by atoms with Crippen molar-refractivity contribution in [3.05, 3.63) is 48.4 Å². The van der Waals surface area contributed by atoms with Crippen LogP contribution in [0.2, 0.25) is 0 Å². The molecular weight excluding hydrogens is 441 g/mol. The number of fused-ring (bicyclic) bond motifs is 1. The van der Waals surface area contributed by atoms with E-state index in [2.05, 4.69) is 49.6 Å². The van der Waals surface area contributed by atoms with Crippen LogP contribution in [0.3, 0.4) is 0 Å². The first-order valence-electron chi connectivity index (χ1n) is 10.9. The number of aromatic nitrogens is 3. The highest BCUT2D eigenvalue weighted by molar-refractivity contribution is 5.94. The minimum atomic E-state index is -0.642. The van der Waals surface area contributed by atoms with Gasteiger partial charge in [-0.05, 0) is 50.2 Å². The normalized spacial score (nSPS) is 19.6. The maximum Gasteiger partial charge on any atom is 0.263 e. The van der Waals surface area contributed by atoms with E-state index in [1.807, 2.05) is 24.3 Å². The van der Waals surface area contributed by atoms with Crippen LogP contribution in [-0.4, -0.2) is 52.8 Å². The minimum absolute atomic E-state index is 0.0547. The number of anilines is 6. The van der Waals surface area contributed by atoms with E-state index in [9.17, 15) is 9.18 Å². The zero-order chi connectivity index (χ0) is 23.7. The second-order valence-electron chi connectivity index (χ2n) is 8.23. The molecule has 1 amide bonds. The maximum atomic E-state index is 14.4. The first kappa shape index (κ1) is 21.8. The summed E-state index contributed by atoms with van der Waals surface area (Å²) in [6.45, 7) is 5.74. The average Bonchev–Trinajstić information content (AvgIpc) is 2.81. The second-order valence-corrected chi connectivity index (χ2v) is 8.23. The van der Waals surface area contributed by atoms with Gasteiger partial charge < -0.3 is 30.3 Å². The van der Waals surface area contributed by atoms with Crippen LogP contribution >= 0.6 is 0 Å². The van der Waals surface area contributed by atoms with E-state index in [0.29, 0.717) is 11.6 Å².